The van der Waals surface area contributed by atoms with Gasteiger partial charge in [-0.3, -0.25) is 4.90 Å². The molecule has 2 aromatic carbocycles. The summed E-state index contributed by atoms with van der Waals surface area (Å²) < 4.78 is 18.2. The van der Waals surface area contributed by atoms with Gasteiger partial charge < -0.3 is 15.0 Å². The second-order valence-electron chi connectivity index (χ2n) is 6.05. The summed E-state index contributed by atoms with van der Waals surface area (Å²) in [6, 6.07) is 13.7. The van der Waals surface area contributed by atoms with Gasteiger partial charge in [-0.05, 0) is 42.0 Å². The van der Waals surface area contributed by atoms with Crippen molar-refractivity contribution in [3.05, 3.63) is 59.9 Å². The molecule has 0 unspecified atom stereocenters. The Morgan fingerprint density at radius 2 is 1.84 bits per heavy atom. The predicted molar refractivity (Wildman–Crippen MR) is 95.3 cm³/mol. The van der Waals surface area contributed by atoms with Crippen molar-refractivity contribution in [2.75, 3.05) is 38.6 Å². The molecule has 2 amide bonds. The zero-order valence-electron chi connectivity index (χ0n) is 14.2. The summed E-state index contributed by atoms with van der Waals surface area (Å²) in [4.78, 5) is 16.4. The third-order valence-electron chi connectivity index (χ3n) is 4.30. The predicted octanol–water partition coefficient (Wildman–Crippen LogP) is 3.18. The highest BCUT2D eigenvalue weighted by Crippen LogP contribution is 2.16. The molecule has 0 aromatic heterocycles. The highest BCUT2D eigenvalue weighted by Gasteiger charge is 2.21. The molecule has 1 heterocycles. The van der Waals surface area contributed by atoms with Crippen molar-refractivity contribution < 1.29 is 13.9 Å². The van der Waals surface area contributed by atoms with Gasteiger partial charge in [-0.1, -0.05) is 12.1 Å². The molecule has 25 heavy (non-hydrogen) atoms. The molecule has 1 aliphatic heterocycles. The normalized spacial score (nSPS) is 15.0. The Hall–Kier alpha value is -2.60. The van der Waals surface area contributed by atoms with Crippen LogP contribution in [-0.4, -0.2) is 49.1 Å². The van der Waals surface area contributed by atoms with Crippen LogP contribution in [-0.2, 0) is 6.54 Å². The lowest BCUT2D eigenvalue weighted by Crippen LogP contribution is -2.49. The zero-order valence-corrected chi connectivity index (χ0v) is 14.2. The van der Waals surface area contributed by atoms with E-state index in [1.165, 1.54) is 17.7 Å². The molecule has 132 valence electrons. The van der Waals surface area contributed by atoms with E-state index in [0.29, 0.717) is 18.8 Å². The highest BCUT2D eigenvalue weighted by molar-refractivity contribution is 5.89. The quantitative estimate of drug-likeness (QED) is 0.927. The van der Waals surface area contributed by atoms with E-state index < -0.39 is 0 Å². The molecule has 1 fully saturated rings. The molecule has 0 spiro atoms. The van der Waals surface area contributed by atoms with Crippen LogP contribution in [0.5, 0.6) is 5.75 Å². The van der Waals surface area contributed by atoms with Crippen LogP contribution in [0, 0.1) is 5.82 Å². The van der Waals surface area contributed by atoms with Crippen molar-refractivity contribution in [1.82, 2.24) is 9.80 Å². The summed E-state index contributed by atoms with van der Waals surface area (Å²) in [6.45, 7) is 3.79. The fraction of sp³-hybridized carbons (Fsp3) is 0.316. The second-order valence-corrected chi connectivity index (χ2v) is 6.05. The largest absolute Gasteiger partial charge is 0.497 e. The van der Waals surface area contributed by atoms with Gasteiger partial charge in [0.1, 0.15) is 11.6 Å². The topological polar surface area (TPSA) is 44.8 Å². The van der Waals surface area contributed by atoms with Crippen LogP contribution in [0.3, 0.4) is 0 Å². The van der Waals surface area contributed by atoms with Crippen LogP contribution in [0.25, 0.3) is 0 Å². The molecule has 5 nitrogen and oxygen atoms in total. The van der Waals surface area contributed by atoms with Crippen molar-refractivity contribution in [2.24, 2.45) is 0 Å². The van der Waals surface area contributed by atoms with Crippen LogP contribution in [0.15, 0.2) is 48.5 Å². The third-order valence-corrected chi connectivity index (χ3v) is 4.30. The average Bonchev–Trinajstić information content (AvgIpc) is 2.64. The van der Waals surface area contributed by atoms with Crippen LogP contribution >= 0.6 is 0 Å². The standard InChI is InChI=1S/C19H22FN3O2/c1-25-18-4-2-3-15(13-18)14-22-9-11-23(12-10-22)19(24)21-17-7-5-16(20)6-8-17/h2-8,13H,9-12,14H2,1H3,(H,21,24). The minimum absolute atomic E-state index is 0.146. The van der Waals surface area contributed by atoms with E-state index in [9.17, 15) is 9.18 Å². The minimum atomic E-state index is -0.316. The molecule has 1 N–H and O–H groups in total. The number of methoxy groups -OCH3 is 1. The van der Waals surface area contributed by atoms with Crippen molar-refractivity contribution in [3.8, 4) is 5.75 Å². The SMILES string of the molecule is COc1cccc(CN2CCN(C(=O)Nc3ccc(F)cc3)CC2)c1. The Morgan fingerprint density at radius 3 is 2.52 bits per heavy atom. The molecule has 0 radical (unpaired) electrons. The van der Waals surface area contributed by atoms with E-state index in [2.05, 4.69) is 16.3 Å². The molecule has 6 heteroatoms. The van der Waals surface area contributed by atoms with E-state index in [4.69, 9.17) is 4.74 Å². The summed E-state index contributed by atoms with van der Waals surface area (Å²) in [6.07, 6.45) is 0. The van der Waals surface area contributed by atoms with E-state index in [1.54, 1.807) is 24.1 Å². The lowest BCUT2D eigenvalue weighted by atomic mass is 10.2. The summed E-state index contributed by atoms with van der Waals surface area (Å²) in [7, 11) is 1.66. The first-order chi connectivity index (χ1) is 12.1. The van der Waals surface area contributed by atoms with Crippen molar-refractivity contribution in [1.29, 1.82) is 0 Å². The molecule has 1 aliphatic rings. The van der Waals surface area contributed by atoms with Crippen LogP contribution in [0.4, 0.5) is 14.9 Å². The van der Waals surface area contributed by atoms with E-state index in [1.807, 2.05) is 18.2 Å². The van der Waals surface area contributed by atoms with Crippen molar-refractivity contribution in [2.45, 2.75) is 6.54 Å². The van der Waals surface area contributed by atoms with Crippen molar-refractivity contribution in [3.63, 3.8) is 0 Å². The first-order valence-corrected chi connectivity index (χ1v) is 8.31. The van der Waals surface area contributed by atoms with Gasteiger partial charge in [0.05, 0.1) is 7.11 Å². The van der Waals surface area contributed by atoms with Gasteiger partial charge in [0, 0.05) is 38.4 Å². The van der Waals surface area contributed by atoms with Gasteiger partial charge in [0.2, 0.25) is 0 Å². The second kappa shape index (κ2) is 7.98. The fourth-order valence-corrected chi connectivity index (χ4v) is 2.87. The number of halogens is 1. The Kier molecular flexibility index (Phi) is 5.50. The molecule has 0 bridgehead atoms. The number of hydrogen-bond acceptors (Lipinski definition) is 3. The Labute approximate surface area is 147 Å². The summed E-state index contributed by atoms with van der Waals surface area (Å²) in [5.74, 6) is 0.541. The van der Waals surface area contributed by atoms with Gasteiger partial charge in [0.25, 0.3) is 0 Å². The maximum absolute atomic E-state index is 12.9. The average molecular weight is 343 g/mol. The lowest BCUT2D eigenvalue weighted by Gasteiger charge is -2.34. The number of rotatable bonds is 4. The minimum Gasteiger partial charge on any atom is -0.497 e. The van der Waals surface area contributed by atoms with Gasteiger partial charge in [-0.2, -0.15) is 0 Å². The number of nitrogens with zero attached hydrogens (tertiary/aromatic N) is 2. The molecular weight excluding hydrogens is 321 g/mol. The first kappa shape index (κ1) is 17.2. The summed E-state index contributed by atoms with van der Waals surface area (Å²) >= 11 is 0. The summed E-state index contributed by atoms with van der Waals surface area (Å²) in [5, 5.41) is 2.80. The highest BCUT2D eigenvalue weighted by atomic mass is 19.1. The molecule has 0 aliphatic carbocycles. The number of benzene rings is 2. The van der Waals surface area contributed by atoms with Gasteiger partial charge in [0.15, 0.2) is 0 Å². The monoisotopic (exact) mass is 343 g/mol. The number of carbonyl (C=O) groups excluding carboxylic acids is 1. The number of piperazine rings is 1. The van der Waals surface area contributed by atoms with E-state index in [0.717, 1.165) is 25.4 Å². The Bertz CT molecular complexity index is 713. The van der Waals surface area contributed by atoms with E-state index in [-0.39, 0.29) is 11.8 Å². The molecule has 1 saturated heterocycles. The number of carbonyl (C=O) groups is 1. The van der Waals surface area contributed by atoms with Gasteiger partial charge in [-0.25, -0.2) is 9.18 Å². The Morgan fingerprint density at radius 1 is 1.12 bits per heavy atom. The molecule has 0 atom stereocenters. The maximum atomic E-state index is 12.9. The van der Waals surface area contributed by atoms with Crippen LogP contribution in [0.1, 0.15) is 5.56 Å². The fourth-order valence-electron chi connectivity index (χ4n) is 2.87. The number of anilines is 1. The Balaban J connectivity index is 1.49. The number of ether oxygens (including phenoxy) is 1. The van der Waals surface area contributed by atoms with Crippen LogP contribution in [0.2, 0.25) is 0 Å². The molecule has 3 rings (SSSR count). The van der Waals surface area contributed by atoms with Crippen LogP contribution < -0.4 is 10.1 Å². The van der Waals surface area contributed by atoms with Gasteiger partial charge >= 0.3 is 6.03 Å². The van der Waals surface area contributed by atoms with E-state index >= 15 is 0 Å². The zero-order chi connectivity index (χ0) is 17.6. The molecular formula is C19H22FN3O2. The molecule has 0 saturated carbocycles. The lowest BCUT2D eigenvalue weighted by molar-refractivity contribution is 0.143. The number of hydrogen-bond donors (Lipinski definition) is 1. The number of nitrogens with one attached hydrogen (secondary N) is 1. The third kappa shape index (κ3) is 4.70. The molecule has 2 aromatic rings. The van der Waals surface area contributed by atoms with Crippen molar-refractivity contribution >= 4 is 11.7 Å². The number of urea groups is 1. The smallest absolute Gasteiger partial charge is 0.321 e. The number of amides is 2. The maximum Gasteiger partial charge on any atom is 0.321 e. The summed E-state index contributed by atoms with van der Waals surface area (Å²) in [5.41, 5.74) is 1.80. The first-order valence-electron chi connectivity index (χ1n) is 8.31. The van der Waals surface area contributed by atoms with Gasteiger partial charge in [-0.15, -0.1) is 0 Å².